The Morgan fingerprint density at radius 2 is 2.00 bits per heavy atom. The Hall–Kier alpha value is -0.850. The highest BCUT2D eigenvalue weighted by molar-refractivity contribution is 6.25. The smallest absolute Gasteiger partial charge is 0.113 e. The number of nitrogens with two attached hydrogens (primary N) is 1. The molecule has 0 aliphatic heterocycles. The van der Waals surface area contributed by atoms with Crippen LogP contribution in [0, 0.1) is 0 Å². The lowest BCUT2D eigenvalue weighted by Gasteiger charge is -2.01. The van der Waals surface area contributed by atoms with E-state index in [4.69, 9.17) is 21.4 Å². The van der Waals surface area contributed by atoms with Crippen LogP contribution in [0.5, 0.6) is 0 Å². The molecule has 0 aromatic heterocycles. The first kappa shape index (κ1) is 8.25. The molecule has 0 bridgehead atoms. The van der Waals surface area contributed by atoms with Crippen molar-refractivity contribution in [1.29, 1.82) is 0 Å². The number of hydrogen-bond acceptors (Lipinski definition) is 1. The summed E-state index contributed by atoms with van der Waals surface area (Å²) < 4.78 is 0. The fourth-order valence-electron chi connectivity index (χ4n) is 1.02. The molecule has 52 valence electrons. The second-order valence-corrected chi connectivity index (χ2v) is 2.78. The maximum Gasteiger partial charge on any atom is 0.113 e. The van der Waals surface area contributed by atoms with E-state index >= 15 is 0 Å². The van der Waals surface area contributed by atoms with Crippen molar-refractivity contribution in [2.24, 2.45) is 5.73 Å². The Kier molecular flexibility index (Phi) is 2.28. The van der Waals surface area contributed by atoms with Crippen molar-refractivity contribution >= 4 is 15.7 Å². The average molecular weight is 141 g/mol. The second-order valence-electron chi connectivity index (χ2n) is 2.78. The van der Waals surface area contributed by atoms with E-state index in [1.807, 2.05) is 6.92 Å². The fourth-order valence-corrected chi connectivity index (χ4v) is 1.02. The lowest BCUT2D eigenvalue weighted by Crippen LogP contribution is -1.93. The third-order valence-electron chi connectivity index (χ3n) is 1.64. The fraction of sp³-hybridized carbons (Fsp3) is 0.250. The SMILES string of the molecule is [B]C1=CC(N)=CC([B])=C(C)C1. The third kappa shape index (κ3) is 2.04. The minimum absolute atomic E-state index is 0.622. The van der Waals surface area contributed by atoms with Crippen molar-refractivity contribution < 1.29 is 0 Å². The zero-order valence-corrected chi connectivity index (χ0v) is 6.59. The highest BCUT2D eigenvalue weighted by atomic mass is 14.6. The van der Waals surface area contributed by atoms with Crippen LogP contribution in [-0.4, -0.2) is 15.7 Å². The van der Waals surface area contributed by atoms with Gasteiger partial charge in [0, 0.05) is 5.70 Å². The summed E-state index contributed by atoms with van der Waals surface area (Å²) in [5, 5.41) is 0. The average Bonchev–Trinajstić information content (AvgIpc) is 1.93. The zero-order chi connectivity index (χ0) is 8.43. The first-order valence-electron chi connectivity index (χ1n) is 3.48. The van der Waals surface area contributed by atoms with Gasteiger partial charge in [0.1, 0.15) is 15.7 Å². The van der Waals surface area contributed by atoms with Gasteiger partial charge in [0.25, 0.3) is 0 Å². The Morgan fingerprint density at radius 3 is 2.64 bits per heavy atom. The molecule has 1 aliphatic rings. The normalized spacial score (nSPS) is 19.0. The molecule has 1 nitrogen and oxygen atoms in total. The molecule has 4 radical (unpaired) electrons. The van der Waals surface area contributed by atoms with Gasteiger partial charge in [-0.25, -0.2) is 0 Å². The molecule has 0 aromatic carbocycles. The van der Waals surface area contributed by atoms with Gasteiger partial charge < -0.3 is 5.73 Å². The Balaban J connectivity index is 3.04. The minimum atomic E-state index is 0.622. The van der Waals surface area contributed by atoms with Crippen LogP contribution in [0.4, 0.5) is 0 Å². The van der Waals surface area contributed by atoms with Gasteiger partial charge in [-0.05, 0) is 25.5 Å². The summed E-state index contributed by atoms with van der Waals surface area (Å²) >= 11 is 0. The molecule has 0 aromatic rings. The van der Waals surface area contributed by atoms with Crippen LogP contribution in [-0.2, 0) is 0 Å². The van der Waals surface area contributed by atoms with Gasteiger partial charge in [-0.15, -0.1) is 5.47 Å². The molecule has 0 heterocycles. The van der Waals surface area contributed by atoms with Gasteiger partial charge in [0.05, 0.1) is 0 Å². The van der Waals surface area contributed by atoms with Crippen molar-refractivity contribution in [3.8, 4) is 0 Å². The van der Waals surface area contributed by atoms with Crippen LogP contribution in [0.2, 0.25) is 0 Å². The van der Waals surface area contributed by atoms with Crippen LogP contribution >= 0.6 is 0 Å². The summed E-state index contributed by atoms with van der Waals surface area (Å²) in [7, 11) is 11.3. The highest BCUT2D eigenvalue weighted by Crippen LogP contribution is 2.16. The largest absolute Gasteiger partial charge is 0.399 e. The molecular formula is C8H9B2N. The van der Waals surface area contributed by atoms with Gasteiger partial charge in [-0.1, -0.05) is 11.0 Å². The van der Waals surface area contributed by atoms with Crippen molar-refractivity contribution in [2.45, 2.75) is 13.3 Å². The van der Waals surface area contributed by atoms with Crippen LogP contribution in [0.1, 0.15) is 13.3 Å². The van der Waals surface area contributed by atoms with Crippen molar-refractivity contribution in [3.05, 3.63) is 34.4 Å². The zero-order valence-electron chi connectivity index (χ0n) is 6.59. The summed E-state index contributed by atoms with van der Waals surface area (Å²) in [5.41, 5.74) is 8.74. The maximum absolute atomic E-state index is 5.67. The van der Waals surface area contributed by atoms with Crippen LogP contribution in [0.15, 0.2) is 34.4 Å². The lowest BCUT2D eigenvalue weighted by atomic mass is 9.85. The first-order valence-corrected chi connectivity index (χ1v) is 3.48. The number of allylic oxidation sites excluding steroid dienone is 5. The van der Waals surface area contributed by atoms with E-state index in [-0.39, 0.29) is 0 Å². The molecule has 1 rings (SSSR count). The molecule has 0 atom stereocenters. The van der Waals surface area contributed by atoms with E-state index in [2.05, 4.69) is 0 Å². The van der Waals surface area contributed by atoms with Gasteiger partial charge >= 0.3 is 0 Å². The van der Waals surface area contributed by atoms with Gasteiger partial charge in [0.2, 0.25) is 0 Å². The molecule has 0 saturated heterocycles. The molecule has 1 aliphatic carbocycles. The van der Waals surface area contributed by atoms with Gasteiger partial charge in [-0.3, -0.25) is 0 Å². The van der Waals surface area contributed by atoms with Gasteiger partial charge in [-0.2, -0.15) is 0 Å². The maximum atomic E-state index is 5.67. The van der Waals surface area contributed by atoms with Crippen molar-refractivity contribution in [2.75, 3.05) is 0 Å². The predicted octanol–water partition coefficient (Wildman–Crippen LogP) is 0.728. The summed E-state index contributed by atoms with van der Waals surface area (Å²) in [4.78, 5) is 0. The Labute approximate surface area is 69.9 Å². The monoisotopic (exact) mass is 141 g/mol. The molecule has 0 amide bonds. The van der Waals surface area contributed by atoms with E-state index < -0.39 is 0 Å². The quantitative estimate of drug-likeness (QED) is 0.494. The molecule has 0 spiro atoms. The van der Waals surface area contributed by atoms with Crippen LogP contribution in [0.25, 0.3) is 0 Å². The van der Waals surface area contributed by atoms with E-state index in [0.29, 0.717) is 12.1 Å². The molecular weight excluding hydrogens is 132 g/mol. The van der Waals surface area contributed by atoms with E-state index in [9.17, 15) is 0 Å². The lowest BCUT2D eigenvalue weighted by molar-refractivity contribution is 1.19. The molecule has 0 fully saturated rings. The molecule has 3 heteroatoms. The molecule has 11 heavy (non-hydrogen) atoms. The van der Waals surface area contributed by atoms with E-state index in [1.54, 1.807) is 12.2 Å². The predicted molar refractivity (Wildman–Crippen MR) is 49.2 cm³/mol. The minimum Gasteiger partial charge on any atom is -0.399 e. The van der Waals surface area contributed by atoms with Gasteiger partial charge in [0.15, 0.2) is 0 Å². The van der Waals surface area contributed by atoms with E-state index in [0.717, 1.165) is 16.5 Å². The molecule has 2 N–H and O–H groups in total. The number of rotatable bonds is 0. The summed E-state index contributed by atoms with van der Waals surface area (Å²) in [6.45, 7) is 1.95. The standard InChI is InChI=1S/C8H9B2N/c1-5-2-6(9)3-7(11)4-8(5)10/h3-4H,2,11H2,1H3. The van der Waals surface area contributed by atoms with Crippen molar-refractivity contribution in [3.63, 3.8) is 0 Å². The van der Waals surface area contributed by atoms with Crippen LogP contribution < -0.4 is 5.73 Å². The highest BCUT2D eigenvalue weighted by Gasteiger charge is 2.00. The van der Waals surface area contributed by atoms with E-state index in [1.165, 1.54) is 0 Å². The summed E-state index contributed by atoms with van der Waals surface area (Å²) in [6, 6.07) is 0. The topological polar surface area (TPSA) is 26.0 Å². The second kappa shape index (κ2) is 3.04. The summed E-state index contributed by atoms with van der Waals surface area (Å²) in [5.74, 6) is 0. The summed E-state index contributed by atoms with van der Waals surface area (Å²) in [6.07, 6.45) is 4.18. The van der Waals surface area contributed by atoms with Crippen LogP contribution in [0.3, 0.4) is 0 Å². The number of hydrogen-bond donors (Lipinski definition) is 1. The molecule has 0 unspecified atom stereocenters. The molecule has 0 saturated carbocycles. The first-order chi connectivity index (χ1) is 5.09. The third-order valence-corrected chi connectivity index (χ3v) is 1.64. The Morgan fingerprint density at radius 1 is 1.36 bits per heavy atom. The van der Waals surface area contributed by atoms with Crippen molar-refractivity contribution in [1.82, 2.24) is 0 Å². The Bertz CT molecular complexity index is 261.